The van der Waals surface area contributed by atoms with Crippen molar-refractivity contribution in [2.75, 3.05) is 0 Å². The third kappa shape index (κ3) is 3.12. The number of para-hydroxylation sites is 1. The maximum absolute atomic E-state index is 11.9. The van der Waals surface area contributed by atoms with E-state index < -0.39 is 12.2 Å². The predicted octanol–water partition coefficient (Wildman–Crippen LogP) is 2.85. The van der Waals surface area contributed by atoms with E-state index in [1.165, 1.54) is 18.9 Å². The predicted molar refractivity (Wildman–Crippen MR) is 87.1 cm³/mol. The summed E-state index contributed by atoms with van der Waals surface area (Å²) >= 11 is 0. The number of hydrogen-bond acceptors (Lipinski definition) is 5. The van der Waals surface area contributed by atoms with Gasteiger partial charge in [-0.3, -0.25) is 9.59 Å². The second-order valence-corrected chi connectivity index (χ2v) is 5.24. The number of amides is 1. The Morgan fingerprint density at radius 3 is 2.38 bits per heavy atom. The van der Waals surface area contributed by atoms with Gasteiger partial charge in [-0.05, 0) is 12.1 Å². The summed E-state index contributed by atoms with van der Waals surface area (Å²) in [5.74, 6) is -0.121. The molecule has 0 aliphatic carbocycles. The first kappa shape index (κ1) is 15.7. The Bertz CT molecular complexity index is 802. The van der Waals surface area contributed by atoms with Crippen LogP contribution in [0.25, 0.3) is 0 Å². The molecular formula is C18H16N2O4. The van der Waals surface area contributed by atoms with E-state index in [4.69, 9.17) is 9.47 Å². The fourth-order valence-electron chi connectivity index (χ4n) is 2.40. The molecule has 0 spiro atoms. The van der Waals surface area contributed by atoms with Gasteiger partial charge in [-0.2, -0.15) is 5.01 Å². The molecule has 0 saturated heterocycles. The summed E-state index contributed by atoms with van der Waals surface area (Å²) in [6.45, 7) is 2.74. The molecule has 0 fully saturated rings. The summed E-state index contributed by atoms with van der Waals surface area (Å²) in [5.41, 5.74) is 1.31. The molecule has 0 N–H and O–H groups in total. The molecule has 1 aliphatic rings. The largest absolute Gasteiger partial charge is 0.446 e. The Labute approximate surface area is 139 Å². The van der Waals surface area contributed by atoms with E-state index in [9.17, 15) is 9.59 Å². The van der Waals surface area contributed by atoms with Crippen LogP contribution in [0.5, 0.6) is 5.75 Å². The third-order valence-corrected chi connectivity index (χ3v) is 3.42. The van der Waals surface area contributed by atoms with Gasteiger partial charge in [-0.15, -0.1) is 5.10 Å². The minimum atomic E-state index is -0.649. The topological polar surface area (TPSA) is 68.2 Å². The molecule has 0 bridgehead atoms. The molecule has 1 heterocycles. The van der Waals surface area contributed by atoms with Crippen molar-refractivity contribution in [3.8, 4) is 5.75 Å². The van der Waals surface area contributed by atoms with Crippen molar-refractivity contribution in [2.24, 2.45) is 5.10 Å². The quantitative estimate of drug-likeness (QED) is 0.643. The smallest absolute Gasteiger partial charge is 0.308 e. The van der Waals surface area contributed by atoms with E-state index in [2.05, 4.69) is 5.10 Å². The van der Waals surface area contributed by atoms with E-state index in [1.807, 2.05) is 30.3 Å². The molecule has 1 amide bonds. The molecule has 6 nitrogen and oxygen atoms in total. The first-order chi connectivity index (χ1) is 11.6. The van der Waals surface area contributed by atoms with Crippen LogP contribution >= 0.6 is 0 Å². The molecule has 2 aromatic carbocycles. The van der Waals surface area contributed by atoms with Crippen LogP contribution < -0.4 is 4.74 Å². The zero-order valence-corrected chi connectivity index (χ0v) is 13.3. The Kier molecular flexibility index (Phi) is 4.29. The molecular weight excluding hydrogens is 308 g/mol. The minimum absolute atomic E-state index is 0.232. The van der Waals surface area contributed by atoms with Crippen LogP contribution in [0.4, 0.5) is 0 Å². The lowest BCUT2D eigenvalue weighted by molar-refractivity contribution is -0.135. The SMILES string of the molecule is CC(=O)Oc1ccccc1C1=NN(C(C)=O)C(c2ccccc2)O1. The highest BCUT2D eigenvalue weighted by Crippen LogP contribution is 2.32. The zero-order valence-electron chi connectivity index (χ0n) is 13.3. The molecule has 1 aliphatic heterocycles. The molecule has 122 valence electrons. The third-order valence-electron chi connectivity index (χ3n) is 3.42. The van der Waals surface area contributed by atoms with Crippen LogP contribution in [0.2, 0.25) is 0 Å². The Morgan fingerprint density at radius 1 is 1.04 bits per heavy atom. The fourth-order valence-corrected chi connectivity index (χ4v) is 2.40. The molecule has 1 unspecified atom stereocenters. The summed E-state index contributed by atoms with van der Waals surface area (Å²) in [7, 11) is 0. The molecule has 0 radical (unpaired) electrons. The lowest BCUT2D eigenvalue weighted by atomic mass is 10.2. The highest BCUT2D eigenvalue weighted by Gasteiger charge is 2.34. The molecule has 24 heavy (non-hydrogen) atoms. The normalized spacial score (nSPS) is 16.3. The first-order valence-corrected chi connectivity index (χ1v) is 7.44. The number of nitrogens with zero attached hydrogens (tertiary/aromatic N) is 2. The molecule has 0 aromatic heterocycles. The van der Waals surface area contributed by atoms with Crippen LogP contribution in [0.3, 0.4) is 0 Å². The highest BCUT2D eigenvalue weighted by molar-refractivity contribution is 5.99. The zero-order chi connectivity index (χ0) is 17.1. The molecule has 0 saturated carbocycles. The standard InChI is InChI=1S/C18H16N2O4/c1-12(21)20-18(14-8-4-3-5-9-14)24-17(19-20)15-10-6-7-11-16(15)23-13(2)22/h3-11,18H,1-2H3. The van der Waals surface area contributed by atoms with E-state index in [0.717, 1.165) is 5.56 Å². The van der Waals surface area contributed by atoms with Crippen molar-refractivity contribution in [2.45, 2.75) is 20.1 Å². The number of carbonyl (C=O) groups is 2. The van der Waals surface area contributed by atoms with Crippen molar-refractivity contribution in [3.63, 3.8) is 0 Å². The van der Waals surface area contributed by atoms with Gasteiger partial charge in [0, 0.05) is 19.4 Å². The van der Waals surface area contributed by atoms with Crippen LogP contribution in [0.15, 0.2) is 59.7 Å². The van der Waals surface area contributed by atoms with Gasteiger partial charge in [0.25, 0.3) is 0 Å². The van der Waals surface area contributed by atoms with Crippen molar-refractivity contribution in [1.82, 2.24) is 5.01 Å². The van der Waals surface area contributed by atoms with Gasteiger partial charge >= 0.3 is 5.97 Å². The molecule has 2 aromatic rings. The van der Waals surface area contributed by atoms with Crippen LogP contribution in [0, 0.1) is 0 Å². The summed E-state index contributed by atoms with van der Waals surface area (Å²) in [5, 5.41) is 5.54. The Morgan fingerprint density at radius 2 is 1.71 bits per heavy atom. The van der Waals surface area contributed by atoms with Crippen molar-refractivity contribution >= 4 is 17.8 Å². The summed E-state index contributed by atoms with van der Waals surface area (Å²) < 4.78 is 11.1. The second-order valence-electron chi connectivity index (χ2n) is 5.24. The first-order valence-electron chi connectivity index (χ1n) is 7.44. The summed E-state index contributed by atoms with van der Waals surface area (Å²) in [6, 6.07) is 16.2. The number of benzene rings is 2. The van der Waals surface area contributed by atoms with Crippen LogP contribution in [-0.4, -0.2) is 22.8 Å². The molecule has 3 rings (SSSR count). The van der Waals surface area contributed by atoms with Gasteiger partial charge in [0.2, 0.25) is 18.0 Å². The average molecular weight is 324 g/mol. The van der Waals surface area contributed by atoms with Crippen molar-refractivity contribution in [1.29, 1.82) is 0 Å². The fraction of sp³-hybridized carbons (Fsp3) is 0.167. The van der Waals surface area contributed by atoms with Gasteiger partial charge in [0.05, 0.1) is 5.56 Å². The van der Waals surface area contributed by atoms with Crippen LogP contribution in [0.1, 0.15) is 31.2 Å². The van der Waals surface area contributed by atoms with Gasteiger partial charge in [0.1, 0.15) is 5.75 Å². The highest BCUT2D eigenvalue weighted by atomic mass is 16.5. The lowest BCUT2D eigenvalue weighted by Crippen LogP contribution is -2.25. The Balaban J connectivity index is 1.97. The van der Waals surface area contributed by atoms with E-state index in [1.54, 1.807) is 24.3 Å². The molecule has 6 heteroatoms. The second kappa shape index (κ2) is 6.54. The number of hydrogen-bond donors (Lipinski definition) is 0. The number of esters is 1. The number of ether oxygens (including phenoxy) is 2. The van der Waals surface area contributed by atoms with Crippen molar-refractivity contribution in [3.05, 3.63) is 65.7 Å². The number of rotatable bonds is 3. The van der Waals surface area contributed by atoms with Crippen LogP contribution in [-0.2, 0) is 14.3 Å². The van der Waals surface area contributed by atoms with E-state index >= 15 is 0 Å². The number of carbonyl (C=O) groups excluding carboxylic acids is 2. The summed E-state index contributed by atoms with van der Waals surface area (Å²) in [4.78, 5) is 23.2. The average Bonchev–Trinajstić information content (AvgIpc) is 3.01. The van der Waals surface area contributed by atoms with Gasteiger partial charge in [-0.25, -0.2) is 0 Å². The van der Waals surface area contributed by atoms with Crippen molar-refractivity contribution < 1.29 is 19.1 Å². The lowest BCUT2D eigenvalue weighted by Gasteiger charge is -2.19. The maximum atomic E-state index is 11.9. The Hall–Kier alpha value is -3.15. The van der Waals surface area contributed by atoms with Gasteiger partial charge < -0.3 is 9.47 Å². The monoisotopic (exact) mass is 324 g/mol. The van der Waals surface area contributed by atoms with Gasteiger partial charge in [-0.1, -0.05) is 42.5 Å². The number of hydrazone groups is 1. The summed E-state index contributed by atoms with van der Waals surface area (Å²) in [6.07, 6.45) is -0.649. The van der Waals surface area contributed by atoms with E-state index in [0.29, 0.717) is 11.3 Å². The van der Waals surface area contributed by atoms with E-state index in [-0.39, 0.29) is 11.8 Å². The molecule has 1 atom stereocenters. The maximum Gasteiger partial charge on any atom is 0.308 e. The minimum Gasteiger partial charge on any atom is -0.446 e. The van der Waals surface area contributed by atoms with Gasteiger partial charge in [0.15, 0.2) is 0 Å².